The Morgan fingerprint density at radius 2 is 1.92 bits per heavy atom. The van der Waals surface area contributed by atoms with Crippen LogP contribution in [0, 0.1) is 5.92 Å². The summed E-state index contributed by atoms with van der Waals surface area (Å²) in [5.41, 5.74) is 0. The monoisotopic (exact) mass is 169 g/mol. The van der Waals surface area contributed by atoms with Crippen LogP contribution < -0.4 is 0 Å². The number of nitrogens with zero attached hydrogens (tertiary/aromatic N) is 1. The standard InChI is InChI=1S/C10H19NO/c12-8-9-3-4-10(7-9)11-5-1-2-6-11/h9-10,12H,1-8H2. The Morgan fingerprint density at radius 1 is 1.17 bits per heavy atom. The molecule has 70 valence electrons. The zero-order chi connectivity index (χ0) is 8.39. The molecule has 1 aliphatic carbocycles. The van der Waals surface area contributed by atoms with Gasteiger partial charge in [-0.2, -0.15) is 0 Å². The van der Waals surface area contributed by atoms with Gasteiger partial charge in [0.25, 0.3) is 0 Å². The highest BCUT2D eigenvalue weighted by Gasteiger charge is 2.29. The molecule has 0 amide bonds. The number of hydrogen-bond acceptors (Lipinski definition) is 2. The highest BCUT2D eigenvalue weighted by Crippen LogP contribution is 2.30. The summed E-state index contributed by atoms with van der Waals surface area (Å²) in [5, 5.41) is 9.01. The van der Waals surface area contributed by atoms with Crippen LogP contribution in [0.15, 0.2) is 0 Å². The van der Waals surface area contributed by atoms with E-state index in [0.717, 1.165) is 6.04 Å². The Kier molecular flexibility index (Phi) is 2.66. The van der Waals surface area contributed by atoms with Crippen molar-refractivity contribution in [2.75, 3.05) is 19.7 Å². The summed E-state index contributed by atoms with van der Waals surface area (Å²) < 4.78 is 0. The van der Waals surface area contributed by atoms with Gasteiger partial charge >= 0.3 is 0 Å². The summed E-state index contributed by atoms with van der Waals surface area (Å²) in [4.78, 5) is 2.62. The van der Waals surface area contributed by atoms with Crippen molar-refractivity contribution in [1.29, 1.82) is 0 Å². The largest absolute Gasteiger partial charge is 0.396 e. The lowest BCUT2D eigenvalue weighted by Crippen LogP contribution is -2.30. The second-order valence-corrected chi connectivity index (χ2v) is 4.26. The fraction of sp³-hybridized carbons (Fsp3) is 1.00. The summed E-state index contributed by atoms with van der Waals surface area (Å²) in [5.74, 6) is 0.607. The summed E-state index contributed by atoms with van der Waals surface area (Å²) in [6.45, 7) is 3.02. The maximum Gasteiger partial charge on any atom is 0.0459 e. The lowest BCUT2D eigenvalue weighted by Gasteiger charge is -2.22. The maximum absolute atomic E-state index is 9.01. The molecule has 2 fully saturated rings. The normalized spacial score (nSPS) is 37.8. The molecule has 0 radical (unpaired) electrons. The molecule has 1 aliphatic heterocycles. The molecule has 2 aliphatic rings. The third-order valence-electron chi connectivity index (χ3n) is 3.43. The molecule has 2 atom stereocenters. The predicted molar refractivity (Wildman–Crippen MR) is 49.0 cm³/mol. The van der Waals surface area contributed by atoms with E-state index in [9.17, 15) is 0 Å². The fourth-order valence-electron chi connectivity index (χ4n) is 2.65. The van der Waals surface area contributed by atoms with Gasteiger partial charge in [0.2, 0.25) is 0 Å². The molecule has 0 bridgehead atoms. The average molecular weight is 169 g/mol. The third-order valence-corrected chi connectivity index (χ3v) is 3.43. The zero-order valence-corrected chi connectivity index (χ0v) is 7.71. The predicted octanol–water partition coefficient (Wildman–Crippen LogP) is 1.24. The Balaban J connectivity index is 1.81. The molecule has 2 unspecified atom stereocenters. The van der Waals surface area contributed by atoms with Gasteiger partial charge in [-0.15, -0.1) is 0 Å². The molecular formula is C10H19NO. The van der Waals surface area contributed by atoms with Crippen LogP contribution in [-0.4, -0.2) is 35.7 Å². The molecule has 0 aromatic carbocycles. The minimum Gasteiger partial charge on any atom is -0.396 e. The van der Waals surface area contributed by atoms with E-state index in [1.165, 1.54) is 45.2 Å². The maximum atomic E-state index is 9.01. The third kappa shape index (κ3) is 1.64. The van der Waals surface area contributed by atoms with Gasteiger partial charge in [-0.05, 0) is 51.1 Å². The van der Waals surface area contributed by atoms with Crippen molar-refractivity contribution in [2.24, 2.45) is 5.92 Å². The van der Waals surface area contributed by atoms with Gasteiger partial charge in [-0.1, -0.05) is 0 Å². The van der Waals surface area contributed by atoms with Crippen LogP contribution in [0.5, 0.6) is 0 Å². The van der Waals surface area contributed by atoms with Crippen LogP contribution in [-0.2, 0) is 0 Å². The summed E-state index contributed by atoms with van der Waals surface area (Å²) in [6, 6.07) is 0.810. The van der Waals surface area contributed by atoms with Gasteiger partial charge in [-0.25, -0.2) is 0 Å². The van der Waals surface area contributed by atoms with Gasteiger partial charge in [0.1, 0.15) is 0 Å². The quantitative estimate of drug-likeness (QED) is 0.672. The molecule has 2 rings (SSSR count). The topological polar surface area (TPSA) is 23.5 Å². The van der Waals surface area contributed by atoms with Crippen molar-refractivity contribution >= 4 is 0 Å². The van der Waals surface area contributed by atoms with Crippen molar-refractivity contribution in [1.82, 2.24) is 4.90 Å². The SMILES string of the molecule is OCC1CCC(N2CCCC2)C1. The molecule has 2 heteroatoms. The Labute approximate surface area is 74.6 Å². The van der Waals surface area contributed by atoms with E-state index in [4.69, 9.17) is 5.11 Å². The molecule has 1 saturated heterocycles. The smallest absolute Gasteiger partial charge is 0.0459 e. The van der Waals surface area contributed by atoms with E-state index in [1.54, 1.807) is 0 Å². The van der Waals surface area contributed by atoms with Crippen LogP contribution >= 0.6 is 0 Å². The molecule has 1 heterocycles. The minimum absolute atomic E-state index is 0.407. The molecule has 1 N–H and O–H groups in total. The van der Waals surface area contributed by atoms with Crippen molar-refractivity contribution in [2.45, 2.75) is 38.1 Å². The van der Waals surface area contributed by atoms with Gasteiger partial charge < -0.3 is 10.0 Å². The van der Waals surface area contributed by atoms with Crippen LogP contribution in [0.3, 0.4) is 0 Å². The zero-order valence-electron chi connectivity index (χ0n) is 7.71. The van der Waals surface area contributed by atoms with Crippen LogP contribution in [0.1, 0.15) is 32.1 Å². The Morgan fingerprint density at radius 3 is 2.50 bits per heavy atom. The lowest BCUT2D eigenvalue weighted by atomic mass is 10.1. The summed E-state index contributed by atoms with van der Waals surface area (Å²) >= 11 is 0. The van der Waals surface area contributed by atoms with E-state index in [-0.39, 0.29) is 0 Å². The Hall–Kier alpha value is -0.0800. The highest BCUT2D eigenvalue weighted by atomic mass is 16.3. The van der Waals surface area contributed by atoms with E-state index in [0.29, 0.717) is 12.5 Å². The second kappa shape index (κ2) is 3.75. The van der Waals surface area contributed by atoms with E-state index in [2.05, 4.69) is 4.90 Å². The highest BCUT2D eigenvalue weighted by molar-refractivity contribution is 4.84. The number of aliphatic hydroxyl groups excluding tert-OH is 1. The second-order valence-electron chi connectivity index (χ2n) is 4.26. The summed E-state index contributed by atoms with van der Waals surface area (Å²) in [7, 11) is 0. The van der Waals surface area contributed by atoms with E-state index in [1.807, 2.05) is 0 Å². The van der Waals surface area contributed by atoms with Crippen molar-refractivity contribution in [3.8, 4) is 0 Å². The average Bonchev–Trinajstić information content (AvgIpc) is 2.75. The molecule has 0 spiro atoms. The first-order chi connectivity index (χ1) is 5.90. The minimum atomic E-state index is 0.407. The van der Waals surface area contributed by atoms with Crippen molar-refractivity contribution in [3.05, 3.63) is 0 Å². The van der Waals surface area contributed by atoms with Crippen LogP contribution in [0.4, 0.5) is 0 Å². The van der Waals surface area contributed by atoms with Crippen LogP contribution in [0.2, 0.25) is 0 Å². The lowest BCUT2D eigenvalue weighted by molar-refractivity contribution is 0.204. The molecule has 1 saturated carbocycles. The first-order valence-electron chi connectivity index (χ1n) is 5.25. The molecule has 0 aromatic heterocycles. The summed E-state index contributed by atoms with van der Waals surface area (Å²) in [6.07, 6.45) is 6.60. The van der Waals surface area contributed by atoms with E-state index < -0.39 is 0 Å². The number of likely N-dealkylation sites (tertiary alicyclic amines) is 1. The van der Waals surface area contributed by atoms with E-state index >= 15 is 0 Å². The number of hydrogen-bond donors (Lipinski definition) is 1. The number of rotatable bonds is 2. The fourth-order valence-corrected chi connectivity index (χ4v) is 2.65. The molecule has 12 heavy (non-hydrogen) atoms. The van der Waals surface area contributed by atoms with Gasteiger partial charge in [-0.3, -0.25) is 0 Å². The molecule has 0 aromatic rings. The first kappa shape index (κ1) is 8.52. The van der Waals surface area contributed by atoms with Gasteiger partial charge in [0.05, 0.1) is 0 Å². The molecule has 2 nitrogen and oxygen atoms in total. The van der Waals surface area contributed by atoms with Crippen LogP contribution in [0.25, 0.3) is 0 Å². The van der Waals surface area contributed by atoms with Crippen molar-refractivity contribution < 1.29 is 5.11 Å². The van der Waals surface area contributed by atoms with Crippen molar-refractivity contribution in [3.63, 3.8) is 0 Å². The number of aliphatic hydroxyl groups is 1. The first-order valence-corrected chi connectivity index (χ1v) is 5.25. The Bertz CT molecular complexity index is 143. The van der Waals surface area contributed by atoms with Gasteiger partial charge in [0, 0.05) is 12.6 Å². The van der Waals surface area contributed by atoms with Gasteiger partial charge in [0.15, 0.2) is 0 Å². The molecular weight excluding hydrogens is 150 g/mol.